The average Bonchev–Trinajstić information content (AvgIpc) is 3.16. The molecule has 1 fully saturated rings. The average molecular weight is 257 g/mol. The third-order valence-corrected chi connectivity index (χ3v) is 4.95. The van der Waals surface area contributed by atoms with E-state index >= 15 is 0 Å². The molecule has 0 radical (unpaired) electrons. The lowest BCUT2D eigenvalue weighted by atomic mass is 9.88. The first-order chi connectivity index (χ1) is 9.29. The molecule has 1 heteroatoms. The van der Waals surface area contributed by atoms with Crippen molar-refractivity contribution in [3.05, 3.63) is 34.9 Å². The van der Waals surface area contributed by atoms with Crippen LogP contribution in [0.15, 0.2) is 18.2 Å². The summed E-state index contributed by atoms with van der Waals surface area (Å²) in [5, 5.41) is 3.78. The molecule has 0 amide bonds. The summed E-state index contributed by atoms with van der Waals surface area (Å²) in [7, 11) is 0. The highest BCUT2D eigenvalue weighted by molar-refractivity contribution is 5.36. The van der Waals surface area contributed by atoms with E-state index < -0.39 is 0 Å². The standard InChI is InChI=1S/C18H27N/c1-3-10-19-18(17-11-13(17)2)16-9-8-14-6-4-5-7-15(14)12-16/h8-9,12-13,17-19H,3-7,10-11H2,1-2H3. The van der Waals surface area contributed by atoms with Crippen molar-refractivity contribution in [2.75, 3.05) is 6.54 Å². The monoisotopic (exact) mass is 257 g/mol. The van der Waals surface area contributed by atoms with Crippen LogP contribution in [-0.2, 0) is 12.8 Å². The first-order valence-electron chi connectivity index (χ1n) is 8.14. The second-order valence-electron chi connectivity index (χ2n) is 6.54. The van der Waals surface area contributed by atoms with E-state index in [0.717, 1.165) is 18.4 Å². The van der Waals surface area contributed by atoms with Gasteiger partial charge in [0.15, 0.2) is 0 Å². The summed E-state index contributed by atoms with van der Waals surface area (Å²) in [5.41, 5.74) is 4.77. The van der Waals surface area contributed by atoms with Crippen LogP contribution in [0.25, 0.3) is 0 Å². The van der Waals surface area contributed by atoms with E-state index in [1.165, 1.54) is 38.5 Å². The lowest BCUT2D eigenvalue weighted by molar-refractivity contribution is 0.462. The molecular formula is C18H27N. The number of hydrogen-bond donors (Lipinski definition) is 1. The number of rotatable bonds is 5. The molecule has 0 bridgehead atoms. The highest BCUT2D eigenvalue weighted by atomic mass is 14.9. The van der Waals surface area contributed by atoms with Crippen molar-refractivity contribution in [1.29, 1.82) is 0 Å². The Morgan fingerprint density at radius 3 is 2.63 bits per heavy atom. The van der Waals surface area contributed by atoms with Gasteiger partial charge in [0.2, 0.25) is 0 Å². The van der Waals surface area contributed by atoms with E-state index in [1.54, 1.807) is 16.7 Å². The summed E-state index contributed by atoms with van der Waals surface area (Å²) < 4.78 is 0. The minimum Gasteiger partial charge on any atom is -0.310 e. The first-order valence-corrected chi connectivity index (χ1v) is 8.14. The minimum atomic E-state index is 0.599. The molecule has 0 aromatic heterocycles. The Labute approximate surface area is 117 Å². The van der Waals surface area contributed by atoms with Crippen molar-refractivity contribution in [2.45, 2.75) is 58.4 Å². The van der Waals surface area contributed by atoms with E-state index in [9.17, 15) is 0 Å². The van der Waals surface area contributed by atoms with E-state index in [1.807, 2.05) is 0 Å². The van der Waals surface area contributed by atoms with Crippen LogP contribution in [0.1, 0.15) is 62.3 Å². The predicted molar refractivity (Wildman–Crippen MR) is 81.4 cm³/mol. The second-order valence-corrected chi connectivity index (χ2v) is 6.54. The maximum atomic E-state index is 3.78. The van der Waals surface area contributed by atoms with Gasteiger partial charge < -0.3 is 5.32 Å². The Kier molecular flexibility index (Phi) is 3.93. The molecule has 1 N–H and O–H groups in total. The van der Waals surface area contributed by atoms with Crippen LogP contribution in [0.4, 0.5) is 0 Å². The van der Waals surface area contributed by atoms with E-state index in [0.29, 0.717) is 6.04 Å². The first kappa shape index (κ1) is 13.2. The third-order valence-electron chi connectivity index (χ3n) is 4.95. The summed E-state index contributed by atoms with van der Waals surface area (Å²) in [6.07, 6.45) is 7.97. The summed E-state index contributed by atoms with van der Waals surface area (Å²) >= 11 is 0. The Bertz CT molecular complexity index is 437. The smallest absolute Gasteiger partial charge is 0.0351 e. The van der Waals surface area contributed by atoms with Gasteiger partial charge in [-0.1, -0.05) is 32.0 Å². The van der Waals surface area contributed by atoms with Crippen molar-refractivity contribution in [3.63, 3.8) is 0 Å². The number of aryl methyl sites for hydroxylation is 2. The molecule has 2 aliphatic rings. The molecule has 0 heterocycles. The van der Waals surface area contributed by atoms with Gasteiger partial charge in [-0.05, 0) is 73.6 Å². The zero-order valence-corrected chi connectivity index (χ0v) is 12.4. The molecule has 3 atom stereocenters. The Morgan fingerprint density at radius 2 is 1.95 bits per heavy atom. The fourth-order valence-corrected chi connectivity index (χ4v) is 3.58. The number of nitrogens with one attached hydrogen (secondary N) is 1. The maximum Gasteiger partial charge on any atom is 0.0351 e. The SMILES string of the molecule is CCCNC(c1ccc2c(c1)CCCC2)C1CC1C. The van der Waals surface area contributed by atoms with Gasteiger partial charge in [-0.15, -0.1) is 0 Å². The van der Waals surface area contributed by atoms with Crippen molar-refractivity contribution in [1.82, 2.24) is 5.32 Å². The normalized spacial score (nSPS) is 26.8. The zero-order valence-electron chi connectivity index (χ0n) is 12.4. The summed E-state index contributed by atoms with van der Waals surface area (Å²) in [5.74, 6) is 1.78. The van der Waals surface area contributed by atoms with Crippen LogP contribution >= 0.6 is 0 Å². The molecule has 1 aromatic rings. The molecule has 1 nitrogen and oxygen atoms in total. The molecular weight excluding hydrogens is 230 g/mol. The molecule has 1 aromatic carbocycles. The topological polar surface area (TPSA) is 12.0 Å². The Hall–Kier alpha value is -0.820. The summed E-state index contributed by atoms with van der Waals surface area (Å²) in [6, 6.07) is 7.90. The number of benzene rings is 1. The number of fused-ring (bicyclic) bond motifs is 1. The van der Waals surface area contributed by atoms with E-state index in [-0.39, 0.29) is 0 Å². The second kappa shape index (κ2) is 5.66. The largest absolute Gasteiger partial charge is 0.310 e. The third kappa shape index (κ3) is 2.86. The van der Waals surface area contributed by atoms with E-state index in [2.05, 4.69) is 37.4 Å². The quantitative estimate of drug-likeness (QED) is 0.831. The molecule has 19 heavy (non-hydrogen) atoms. The van der Waals surface area contributed by atoms with Gasteiger partial charge in [0.05, 0.1) is 0 Å². The molecule has 104 valence electrons. The maximum absolute atomic E-state index is 3.78. The van der Waals surface area contributed by atoms with Crippen molar-refractivity contribution in [2.24, 2.45) is 11.8 Å². The van der Waals surface area contributed by atoms with Gasteiger partial charge in [-0.2, -0.15) is 0 Å². The van der Waals surface area contributed by atoms with Crippen LogP contribution < -0.4 is 5.32 Å². The van der Waals surface area contributed by atoms with Gasteiger partial charge in [-0.3, -0.25) is 0 Å². The lowest BCUT2D eigenvalue weighted by Gasteiger charge is -2.23. The van der Waals surface area contributed by atoms with E-state index in [4.69, 9.17) is 0 Å². The van der Waals surface area contributed by atoms with Gasteiger partial charge in [-0.25, -0.2) is 0 Å². The van der Waals surface area contributed by atoms with Crippen LogP contribution in [0.2, 0.25) is 0 Å². The predicted octanol–water partition coefficient (Wildman–Crippen LogP) is 4.26. The highest BCUT2D eigenvalue weighted by Gasteiger charge is 2.39. The van der Waals surface area contributed by atoms with Gasteiger partial charge in [0, 0.05) is 6.04 Å². The Morgan fingerprint density at radius 1 is 1.21 bits per heavy atom. The van der Waals surface area contributed by atoms with Crippen LogP contribution in [0, 0.1) is 11.8 Å². The molecule has 0 spiro atoms. The molecule has 3 unspecified atom stereocenters. The fraction of sp³-hybridized carbons (Fsp3) is 0.667. The summed E-state index contributed by atoms with van der Waals surface area (Å²) in [4.78, 5) is 0. The van der Waals surface area contributed by atoms with Crippen molar-refractivity contribution >= 4 is 0 Å². The summed E-state index contributed by atoms with van der Waals surface area (Å²) in [6.45, 7) is 5.79. The van der Waals surface area contributed by atoms with Crippen LogP contribution in [-0.4, -0.2) is 6.54 Å². The molecule has 2 aliphatic carbocycles. The van der Waals surface area contributed by atoms with Crippen molar-refractivity contribution in [3.8, 4) is 0 Å². The van der Waals surface area contributed by atoms with Crippen LogP contribution in [0.3, 0.4) is 0 Å². The molecule has 1 saturated carbocycles. The Balaban J connectivity index is 1.81. The molecule has 0 saturated heterocycles. The van der Waals surface area contributed by atoms with Gasteiger partial charge >= 0.3 is 0 Å². The minimum absolute atomic E-state index is 0.599. The fourth-order valence-electron chi connectivity index (χ4n) is 3.58. The van der Waals surface area contributed by atoms with Gasteiger partial charge in [0.25, 0.3) is 0 Å². The van der Waals surface area contributed by atoms with Crippen LogP contribution in [0.5, 0.6) is 0 Å². The lowest BCUT2D eigenvalue weighted by Crippen LogP contribution is -2.24. The highest BCUT2D eigenvalue weighted by Crippen LogP contribution is 2.47. The molecule has 0 aliphatic heterocycles. The van der Waals surface area contributed by atoms with Crippen molar-refractivity contribution < 1.29 is 0 Å². The van der Waals surface area contributed by atoms with Gasteiger partial charge in [0.1, 0.15) is 0 Å². The number of hydrogen-bond acceptors (Lipinski definition) is 1. The molecule has 3 rings (SSSR count). The zero-order chi connectivity index (χ0) is 13.2.